The van der Waals surface area contributed by atoms with Crippen LogP contribution in [0, 0.1) is 0 Å². The molecule has 11 heteroatoms. The van der Waals surface area contributed by atoms with Gasteiger partial charge in [0.25, 0.3) is 11.8 Å². The van der Waals surface area contributed by atoms with Crippen LogP contribution in [-0.4, -0.2) is 51.5 Å². The monoisotopic (exact) mass is 489 g/mol. The highest BCUT2D eigenvalue weighted by atomic mass is 16.7. The Balaban J connectivity index is 1.73. The van der Waals surface area contributed by atoms with Crippen molar-refractivity contribution in [3.63, 3.8) is 0 Å². The molecule has 2 amide bonds. The molecular formula is C25H19N3O8. The Morgan fingerprint density at radius 3 is 1.97 bits per heavy atom. The van der Waals surface area contributed by atoms with Gasteiger partial charge in [-0.3, -0.25) is 24.1 Å². The van der Waals surface area contributed by atoms with E-state index in [1.54, 1.807) is 0 Å². The number of ether oxygens (including phenoxy) is 4. The van der Waals surface area contributed by atoms with E-state index in [1.807, 2.05) is 30.3 Å². The van der Waals surface area contributed by atoms with E-state index in [1.165, 1.54) is 18.7 Å². The van der Waals surface area contributed by atoms with E-state index in [0.717, 1.165) is 24.3 Å². The number of benzene rings is 2. The van der Waals surface area contributed by atoms with Gasteiger partial charge in [-0.2, -0.15) is 0 Å². The average Bonchev–Trinajstić information content (AvgIpc) is 3.47. The molecule has 36 heavy (non-hydrogen) atoms. The molecule has 5 rings (SSSR count). The Kier molecular flexibility index (Phi) is 5.80. The molecule has 2 aliphatic rings. The van der Waals surface area contributed by atoms with Crippen molar-refractivity contribution < 1.29 is 38.1 Å². The van der Waals surface area contributed by atoms with Crippen molar-refractivity contribution >= 4 is 34.8 Å². The largest absolute Gasteiger partial charge is 0.462 e. The Hall–Kier alpha value is -4.80. The number of esters is 2. The molecule has 2 aromatic carbocycles. The molecule has 0 bridgehead atoms. The molecule has 1 aromatic heterocycles. The van der Waals surface area contributed by atoms with Gasteiger partial charge in [-0.1, -0.05) is 30.3 Å². The molecule has 11 nitrogen and oxygen atoms in total. The van der Waals surface area contributed by atoms with Gasteiger partial charge in [0.2, 0.25) is 6.79 Å². The lowest BCUT2D eigenvalue weighted by molar-refractivity contribution is -0.133. The highest BCUT2D eigenvalue weighted by molar-refractivity contribution is 6.27. The van der Waals surface area contributed by atoms with Crippen LogP contribution in [-0.2, 0) is 25.5 Å². The summed E-state index contributed by atoms with van der Waals surface area (Å²) in [6.07, 6.45) is 4.20. The molecule has 0 saturated carbocycles. The maximum absolute atomic E-state index is 13.9. The quantitative estimate of drug-likeness (QED) is 0.289. The maximum atomic E-state index is 13.9. The van der Waals surface area contributed by atoms with Crippen molar-refractivity contribution in [2.24, 2.45) is 0 Å². The first-order valence-electron chi connectivity index (χ1n) is 10.9. The molecule has 0 radical (unpaired) electrons. The van der Waals surface area contributed by atoms with Gasteiger partial charge in [-0.05, 0) is 5.56 Å². The summed E-state index contributed by atoms with van der Waals surface area (Å²) >= 11 is 0. The third-order valence-electron chi connectivity index (χ3n) is 5.59. The van der Waals surface area contributed by atoms with Gasteiger partial charge in [-0.15, -0.1) is 0 Å². The molecule has 0 fully saturated rings. The lowest BCUT2D eigenvalue weighted by Gasteiger charge is -2.26. The first kappa shape index (κ1) is 23.0. The fraction of sp³-hybridized carbons (Fsp3) is 0.200. The van der Waals surface area contributed by atoms with E-state index in [9.17, 15) is 19.2 Å². The molecule has 0 aliphatic carbocycles. The number of carbonyl (C=O) groups is 4. The minimum atomic E-state index is -0.901. The SMILES string of the molecule is CC(=O)Oc1c2c(c(OC(C)=O)c3nccnc13)C(=O)N(C(Cc1ccccc1)C1=COCO1)C2=O. The zero-order valence-corrected chi connectivity index (χ0v) is 19.2. The standard InChI is InChI=1S/C25H19N3O8/c1-13(29)35-22-18-19(23(36-14(2)30)21-20(22)26-8-9-27-21)25(32)28(24(18)31)16(17-11-33-12-34-17)10-15-6-4-3-5-7-15/h3-9,11,16H,10,12H2,1-2H3. The van der Waals surface area contributed by atoms with Crippen LogP contribution < -0.4 is 9.47 Å². The summed E-state index contributed by atoms with van der Waals surface area (Å²) in [6, 6.07) is 8.29. The lowest BCUT2D eigenvalue weighted by Crippen LogP contribution is -2.42. The van der Waals surface area contributed by atoms with Crippen molar-refractivity contribution in [1.29, 1.82) is 0 Å². The number of imide groups is 1. The molecule has 1 unspecified atom stereocenters. The Labute approximate surface area is 204 Å². The minimum Gasteiger partial charge on any atom is -0.462 e. The van der Waals surface area contributed by atoms with Crippen molar-refractivity contribution in [2.75, 3.05) is 6.79 Å². The molecular weight excluding hydrogens is 470 g/mol. The van der Waals surface area contributed by atoms with Gasteiger partial charge in [0, 0.05) is 32.7 Å². The Morgan fingerprint density at radius 1 is 0.944 bits per heavy atom. The summed E-state index contributed by atoms with van der Waals surface area (Å²) in [5.41, 5.74) is 0.299. The number of hydrogen-bond donors (Lipinski definition) is 0. The maximum Gasteiger partial charge on any atom is 0.308 e. The van der Waals surface area contributed by atoms with Crippen LogP contribution in [0.1, 0.15) is 40.1 Å². The second kappa shape index (κ2) is 9.10. The van der Waals surface area contributed by atoms with E-state index < -0.39 is 29.8 Å². The molecule has 0 saturated heterocycles. The molecule has 0 N–H and O–H groups in total. The van der Waals surface area contributed by atoms with Crippen LogP contribution in [0.3, 0.4) is 0 Å². The predicted molar refractivity (Wildman–Crippen MR) is 122 cm³/mol. The van der Waals surface area contributed by atoms with Crippen molar-refractivity contribution in [1.82, 2.24) is 14.9 Å². The van der Waals surface area contributed by atoms with E-state index in [4.69, 9.17) is 18.9 Å². The van der Waals surface area contributed by atoms with Crippen molar-refractivity contribution in [3.05, 3.63) is 71.4 Å². The van der Waals surface area contributed by atoms with Gasteiger partial charge in [0.05, 0.1) is 0 Å². The van der Waals surface area contributed by atoms with Crippen molar-refractivity contribution in [3.8, 4) is 11.5 Å². The first-order chi connectivity index (χ1) is 17.4. The minimum absolute atomic E-state index is 0.00928. The summed E-state index contributed by atoms with van der Waals surface area (Å²) in [6.45, 7) is 2.24. The summed E-state index contributed by atoms with van der Waals surface area (Å²) in [5, 5.41) is 0. The van der Waals surface area contributed by atoms with E-state index in [-0.39, 0.29) is 52.6 Å². The number of hydrogen-bond acceptors (Lipinski definition) is 10. The van der Waals surface area contributed by atoms with E-state index >= 15 is 0 Å². The molecule has 0 spiro atoms. The fourth-order valence-corrected chi connectivity index (χ4v) is 4.23. The molecule has 3 heterocycles. The zero-order valence-electron chi connectivity index (χ0n) is 19.2. The normalized spacial score (nSPS) is 15.2. The van der Waals surface area contributed by atoms with Gasteiger partial charge < -0.3 is 18.9 Å². The molecule has 182 valence electrons. The summed E-state index contributed by atoms with van der Waals surface area (Å²) in [5.74, 6) is -3.24. The van der Waals surface area contributed by atoms with Crippen LogP contribution in [0.25, 0.3) is 11.0 Å². The first-order valence-corrected chi connectivity index (χ1v) is 10.9. The number of amides is 2. The van der Waals surface area contributed by atoms with Crippen LogP contribution in [0.4, 0.5) is 0 Å². The summed E-state index contributed by atoms with van der Waals surface area (Å²) in [7, 11) is 0. The number of carbonyl (C=O) groups excluding carboxylic acids is 4. The van der Waals surface area contributed by atoms with Gasteiger partial charge in [0.1, 0.15) is 34.5 Å². The van der Waals surface area contributed by atoms with Gasteiger partial charge in [0.15, 0.2) is 17.3 Å². The highest BCUT2D eigenvalue weighted by Crippen LogP contribution is 2.45. The Morgan fingerprint density at radius 2 is 1.50 bits per heavy atom. The number of nitrogens with zero attached hydrogens (tertiary/aromatic N) is 3. The third kappa shape index (κ3) is 3.90. The highest BCUT2D eigenvalue weighted by Gasteiger charge is 2.48. The van der Waals surface area contributed by atoms with Crippen LogP contribution in [0.15, 0.2) is 54.7 Å². The molecule has 1 atom stereocenters. The van der Waals surface area contributed by atoms with Crippen molar-refractivity contribution in [2.45, 2.75) is 26.3 Å². The van der Waals surface area contributed by atoms with E-state index in [2.05, 4.69) is 9.97 Å². The topological polar surface area (TPSA) is 134 Å². The van der Waals surface area contributed by atoms with E-state index in [0.29, 0.717) is 0 Å². The molecule has 3 aromatic rings. The van der Waals surface area contributed by atoms with Crippen LogP contribution in [0.2, 0.25) is 0 Å². The van der Waals surface area contributed by atoms with Gasteiger partial charge >= 0.3 is 11.9 Å². The second-order valence-corrected chi connectivity index (χ2v) is 7.98. The summed E-state index contributed by atoms with van der Waals surface area (Å²) < 4.78 is 21.5. The smallest absolute Gasteiger partial charge is 0.308 e. The molecule has 2 aliphatic heterocycles. The third-order valence-corrected chi connectivity index (χ3v) is 5.59. The Bertz CT molecular complexity index is 1380. The summed E-state index contributed by atoms with van der Waals surface area (Å²) in [4.78, 5) is 61.0. The second-order valence-electron chi connectivity index (χ2n) is 7.98. The number of fused-ring (bicyclic) bond motifs is 2. The lowest BCUT2D eigenvalue weighted by atomic mass is 10.0. The van der Waals surface area contributed by atoms with Gasteiger partial charge in [-0.25, -0.2) is 9.97 Å². The number of aromatic nitrogens is 2. The van der Waals surface area contributed by atoms with Crippen LogP contribution in [0.5, 0.6) is 11.5 Å². The predicted octanol–water partition coefficient (Wildman–Crippen LogP) is 2.53. The zero-order chi connectivity index (χ0) is 25.4. The fourth-order valence-electron chi connectivity index (χ4n) is 4.23. The average molecular weight is 489 g/mol. The number of rotatable bonds is 6. The van der Waals surface area contributed by atoms with Crippen LogP contribution >= 0.6 is 0 Å².